The molecule has 0 bridgehead atoms. The summed E-state index contributed by atoms with van der Waals surface area (Å²) in [7, 11) is 0. The van der Waals surface area contributed by atoms with Crippen LogP contribution in [0.3, 0.4) is 0 Å². The maximum Gasteiger partial charge on any atom is 0.371 e. The Morgan fingerprint density at radius 3 is 2.67 bits per heavy atom. The maximum absolute atomic E-state index is 10.3. The number of nitrogens with zero attached hydrogens (tertiary/aromatic N) is 1. The Balaban J connectivity index is 2.81. The molecule has 6 nitrogen and oxygen atoms in total. The summed E-state index contributed by atoms with van der Waals surface area (Å²) in [4.78, 5) is 24.0. The van der Waals surface area contributed by atoms with E-state index in [1.54, 1.807) is 0 Å². The number of rotatable bonds is 2. The molecule has 0 spiro atoms. The molecule has 64 valence electrons. The predicted molar refractivity (Wildman–Crippen MR) is 38.8 cm³/mol. The molecule has 1 unspecified atom stereocenters. The zero-order chi connectivity index (χ0) is 9.14. The minimum atomic E-state index is -1.27. The summed E-state index contributed by atoms with van der Waals surface area (Å²) < 4.78 is 0. The van der Waals surface area contributed by atoms with Crippen molar-refractivity contribution in [2.45, 2.75) is 6.04 Å². The fourth-order valence-electron chi connectivity index (χ4n) is 0.692. The lowest BCUT2D eigenvalue weighted by atomic mass is 10.3. The first-order chi connectivity index (χ1) is 5.61. The van der Waals surface area contributed by atoms with Crippen molar-refractivity contribution in [1.29, 1.82) is 0 Å². The Hall–Kier alpha value is -1.85. The van der Waals surface area contributed by atoms with Crippen molar-refractivity contribution in [2.24, 2.45) is 4.99 Å². The van der Waals surface area contributed by atoms with Crippen LogP contribution in [-0.4, -0.2) is 34.0 Å². The van der Waals surface area contributed by atoms with Gasteiger partial charge in [-0.1, -0.05) is 0 Å². The molecule has 6 heteroatoms. The second kappa shape index (κ2) is 3.04. The Bertz CT molecular complexity index is 281. The highest BCUT2D eigenvalue weighted by Crippen LogP contribution is 1.98. The van der Waals surface area contributed by atoms with Crippen LogP contribution in [0, 0.1) is 0 Å². The first-order valence-corrected chi connectivity index (χ1v) is 3.08. The van der Waals surface area contributed by atoms with E-state index in [9.17, 15) is 9.59 Å². The Morgan fingerprint density at radius 1 is 1.50 bits per heavy atom. The van der Waals surface area contributed by atoms with Gasteiger partial charge in [-0.15, -0.1) is 0 Å². The molecule has 12 heavy (non-hydrogen) atoms. The van der Waals surface area contributed by atoms with E-state index in [2.05, 4.69) is 10.3 Å². The van der Waals surface area contributed by atoms with E-state index >= 15 is 0 Å². The van der Waals surface area contributed by atoms with Crippen LogP contribution in [-0.2, 0) is 9.59 Å². The maximum atomic E-state index is 10.3. The normalized spacial score (nSPS) is 21.0. The number of carboxylic acid groups (broad SMARTS) is 2. The smallest absolute Gasteiger partial charge is 0.371 e. The number of carbonyl (C=O) groups is 2. The highest BCUT2D eigenvalue weighted by Gasteiger charge is 2.19. The van der Waals surface area contributed by atoms with Crippen LogP contribution in [0.25, 0.3) is 0 Å². The van der Waals surface area contributed by atoms with E-state index in [4.69, 9.17) is 10.2 Å². The van der Waals surface area contributed by atoms with E-state index in [1.807, 2.05) is 0 Å². The van der Waals surface area contributed by atoms with E-state index in [0.717, 1.165) is 0 Å². The van der Waals surface area contributed by atoms with Gasteiger partial charge >= 0.3 is 11.9 Å². The van der Waals surface area contributed by atoms with Crippen molar-refractivity contribution in [2.75, 3.05) is 0 Å². The average Bonchev–Trinajstić information content (AvgIpc) is 2.04. The van der Waals surface area contributed by atoms with Crippen LogP contribution in [0.2, 0.25) is 0 Å². The molecule has 0 saturated heterocycles. The summed E-state index contributed by atoms with van der Waals surface area (Å²) in [5.41, 5.74) is 0. The minimum absolute atomic E-state index is 0.357. The lowest BCUT2D eigenvalue weighted by Gasteiger charge is -2.09. The van der Waals surface area contributed by atoms with Gasteiger partial charge in [0, 0.05) is 6.20 Å². The van der Waals surface area contributed by atoms with Crippen molar-refractivity contribution in [3.8, 4) is 0 Å². The number of aliphatic carboxylic acids is 2. The molecule has 1 aliphatic heterocycles. The molecule has 0 radical (unpaired) electrons. The van der Waals surface area contributed by atoms with Gasteiger partial charge in [-0.25, -0.2) is 14.6 Å². The molecule has 0 aromatic rings. The molecule has 0 fully saturated rings. The third kappa shape index (κ3) is 1.60. The number of hydrogen-bond donors (Lipinski definition) is 3. The number of carboxylic acids is 2. The van der Waals surface area contributed by atoms with Gasteiger partial charge in [0.05, 0.1) is 0 Å². The fraction of sp³-hybridized carbons (Fsp3) is 0.167. The molecule has 0 saturated carbocycles. The summed E-state index contributed by atoms with van der Waals surface area (Å²) in [6, 6.07) is -1.10. The minimum Gasteiger partial charge on any atom is -0.479 e. The third-order valence-corrected chi connectivity index (χ3v) is 1.22. The van der Waals surface area contributed by atoms with E-state index in [1.165, 1.54) is 12.3 Å². The van der Waals surface area contributed by atoms with Gasteiger partial charge in [0.15, 0.2) is 6.04 Å². The Labute approximate surface area is 67.2 Å². The van der Waals surface area contributed by atoms with Crippen LogP contribution in [0.4, 0.5) is 0 Å². The summed E-state index contributed by atoms with van der Waals surface area (Å²) in [6.45, 7) is 0. The Morgan fingerprint density at radius 2 is 2.17 bits per heavy atom. The summed E-state index contributed by atoms with van der Waals surface area (Å²) in [5, 5.41) is 19.2. The lowest BCUT2D eigenvalue weighted by molar-refractivity contribution is -0.137. The summed E-state index contributed by atoms with van der Waals surface area (Å²) >= 11 is 0. The van der Waals surface area contributed by atoms with E-state index < -0.39 is 18.0 Å². The Kier molecular flexibility index (Phi) is 2.09. The molecule has 1 heterocycles. The number of aliphatic imine (C=N–C) groups is 1. The van der Waals surface area contributed by atoms with Gasteiger partial charge in [-0.2, -0.15) is 0 Å². The van der Waals surface area contributed by atoms with E-state index in [-0.39, 0.29) is 5.84 Å². The highest BCUT2D eigenvalue weighted by atomic mass is 16.4. The molecule has 3 N–H and O–H groups in total. The molecule has 0 aromatic carbocycles. The van der Waals surface area contributed by atoms with Crippen LogP contribution < -0.4 is 5.32 Å². The van der Waals surface area contributed by atoms with Crippen LogP contribution in [0.15, 0.2) is 17.3 Å². The summed E-state index contributed by atoms with van der Waals surface area (Å²) in [5.74, 6) is -2.80. The standard InChI is InChI=1S/C6H6N2O4/c9-5(10)3-1-2-7-4(8-3)6(11)12/h1-3H,(H,7,8)(H,9,10)(H,11,12). The number of amidine groups is 1. The fourth-order valence-corrected chi connectivity index (χ4v) is 0.692. The van der Waals surface area contributed by atoms with Crippen LogP contribution in [0.5, 0.6) is 0 Å². The third-order valence-electron chi connectivity index (χ3n) is 1.22. The second-order valence-corrected chi connectivity index (χ2v) is 2.07. The largest absolute Gasteiger partial charge is 0.479 e. The zero-order valence-corrected chi connectivity index (χ0v) is 5.89. The molecule has 1 aliphatic rings. The van der Waals surface area contributed by atoms with Crippen molar-refractivity contribution < 1.29 is 19.8 Å². The quantitative estimate of drug-likeness (QED) is 0.495. The number of hydrogen-bond acceptors (Lipinski definition) is 4. The molecule has 0 amide bonds. The van der Waals surface area contributed by atoms with Gasteiger partial charge in [0.25, 0.3) is 0 Å². The molecular weight excluding hydrogens is 164 g/mol. The van der Waals surface area contributed by atoms with Gasteiger partial charge in [0.2, 0.25) is 5.84 Å². The number of nitrogens with one attached hydrogen (secondary N) is 1. The van der Waals surface area contributed by atoms with Gasteiger partial charge in [-0.05, 0) is 6.08 Å². The second-order valence-electron chi connectivity index (χ2n) is 2.07. The van der Waals surface area contributed by atoms with Gasteiger partial charge in [0.1, 0.15) is 0 Å². The zero-order valence-electron chi connectivity index (χ0n) is 5.89. The average molecular weight is 170 g/mol. The highest BCUT2D eigenvalue weighted by molar-refractivity contribution is 6.35. The molecule has 0 aromatic heterocycles. The molecule has 1 rings (SSSR count). The molecule has 0 aliphatic carbocycles. The first kappa shape index (κ1) is 8.25. The molecular formula is C6H6N2O4. The van der Waals surface area contributed by atoms with E-state index in [0.29, 0.717) is 0 Å². The van der Waals surface area contributed by atoms with Crippen LogP contribution >= 0.6 is 0 Å². The van der Waals surface area contributed by atoms with Crippen molar-refractivity contribution >= 4 is 17.8 Å². The topological polar surface area (TPSA) is 99.0 Å². The van der Waals surface area contributed by atoms with Crippen molar-refractivity contribution in [3.05, 3.63) is 12.3 Å². The monoisotopic (exact) mass is 170 g/mol. The van der Waals surface area contributed by atoms with Crippen molar-refractivity contribution in [1.82, 2.24) is 5.32 Å². The SMILES string of the molecule is O=C(O)C1=NC(C(=O)O)C=CN1. The van der Waals surface area contributed by atoms with Gasteiger partial charge < -0.3 is 15.5 Å². The van der Waals surface area contributed by atoms with Gasteiger partial charge in [-0.3, -0.25) is 0 Å². The molecule has 1 atom stereocenters. The lowest BCUT2D eigenvalue weighted by Crippen LogP contribution is -2.34. The first-order valence-electron chi connectivity index (χ1n) is 3.08. The predicted octanol–water partition coefficient (Wildman–Crippen LogP) is -0.960. The van der Waals surface area contributed by atoms with Crippen LogP contribution in [0.1, 0.15) is 0 Å². The van der Waals surface area contributed by atoms with Crippen molar-refractivity contribution in [3.63, 3.8) is 0 Å². The summed E-state index contributed by atoms with van der Waals surface area (Å²) in [6.07, 6.45) is 2.50.